The number of benzene rings is 2. The normalized spacial score (nSPS) is 14.5. The van der Waals surface area contributed by atoms with Crippen molar-refractivity contribution in [2.24, 2.45) is 0 Å². The number of nitrogens with zero attached hydrogens (tertiary/aromatic N) is 3. The third-order valence-electron chi connectivity index (χ3n) is 6.07. The Morgan fingerprint density at radius 1 is 1.06 bits per heavy atom. The van der Waals surface area contributed by atoms with Crippen LogP contribution >= 0.6 is 23.1 Å². The molecule has 1 saturated heterocycles. The minimum Gasteiger partial charge on any atom is -0.379 e. The van der Waals surface area contributed by atoms with Crippen molar-refractivity contribution < 1.29 is 9.53 Å². The first kappa shape index (κ1) is 24.0. The number of carbonyl (C=O) groups excluding carboxylic acids is 1. The molecule has 9 heteroatoms. The number of nitrogens with one attached hydrogen (secondary N) is 1. The highest BCUT2D eigenvalue weighted by Crippen LogP contribution is 2.31. The minimum atomic E-state index is -0.0803. The van der Waals surface area contributed by atoms with Gasteiger partial charge in [0.25, 0.3) is 5.56 Å². The monoisotopic (exact) mass is 508 g/mol. The predicted molar refractivity (Wildman–Crippen MR) is 142 cm³/mol. The van der Waals surface area contributed by atoms with E-state index in [1.54, 1.807) is 4.57 Å². The maximum absolute atomic E-state index is 13.5. The van der Waals surface area contributed by atoms with Gasteiger partial charge >= 0.3 is 0 Å². The molecule has 0 aliphatic carbocycles. The van der Waals surface area contributed by atoms with E-state index >= 15 is 0 Å². The van der Waals surface area contributed by atoms with Gasteiger partial charge in [-0.25, -0.2) is 4.98 Å². The summed E-state index contributed by atoms with van der Waals surface area (Å²) < 4.78 is 8.92. The maximum Gasteiger partial charge on any atom is 0.272 e. The molecule has 4 aromatic rings. The molecule has 0 unspecified atom stereocenters. The molecule has 182 valence electrons. The van der Waals surface area contributed by atoms with Gasteiger partial charge in [0.2, 0.25) is 5.91 Å². The summed E-state index contributed by atoms with van der Waals surface area (Å²) in [4.78, 5) is 33.4. The number of hydrogen-bond donors (Lipinski definition) is 1. The molecule has 3 heterocycles. The average Bonchev–Trinajstić information content (AvgIpc) is 3.28. The van der Waals surface area contributed by atoms with Gasteiger partial charge in [0.1, 0.15) is 4.70 Å². The Morgan fingerprint density at radius 2 is 1.83 bits per heavy atom. The van der Waals surface area contributed by atoms with Crippen LogP contribution in [-0.2, 0) is 22.6 Å². The topological polar surface area (TPSA) is 76.5 Å². The van der Waals surface area contributed by atoms with E-state index in [0.29, 0.717) is 22.9 Å². The highest BCUT2D eigenvalue weighted by atomic mass is 32.2. The van der Waals surface area contributed by atoms with Crippen molar-refractivity contribution >= 4 is 49.3 Å². The first-order valence-corrected chi connectivity index (χ1v) is 13.6. The highest BCUT2D eigenvalue weighted by molar-refractivity contribution is 7.99. The summed E-state index contributed by atoms with van der Waals surface area (Å²) in [7, 11) is 0. The smallest absolute Gasteiger partial charge is 0.272 e. The molecular weight excluding hydrogens is 480 g/mol. The van der Waals surface area contributed by atoms with Crippen molar-refractivity contribution in [3.63, 3.8) is 0 Å². The van der Waals surface area contributed by atoms with Gasteiger partial charge in [0.15, 0.2) is 5.16 Å². The van der Waals surface area contributed by atoms with E-state index < -0.39 is 0 Å². The summed E-state index contributed by atoms with van der Waals surface area (Å²) >= 11 is 2.82. The van der Waals surface area contributed by atoms with Crippen molar-refractivity contribution in [1.82, 2.24) is 19.8 Å². The second kappa shape index (κ2) is 11.3. The third kappa shape index (κ3) is 5.75. The first-order chi connectivity index (χ1) is 17.2. The summed E-state index contributed by atoms with van der Waals surface area (Å²) in [5.41, 5.74) is 1.76. The van der Waals surface area contributed by atoms with Gasteiger partial charge in [0, 0.05) is 42.8 Å². The zero-order valence-corrected chi connectivity index (χ0v) is 21.1. The minimum absolute atomic E-state index is 0.0228. The van der Waals surface area contributed by atoms with Crippen LogP contribution in [0.25, 0.3) is 20.3 Å². The number of carbonyl (C=O) groups is 1. The fourth-order valence-corrected chi connectivity index (χ4v) is 6.15. The van der Waals surface area contributed by atoms with Gasteiger partial charge in [-0.3, -0.25) is 19.1 Å². The SMILES string of the molecule is O=C(CSc1nc2c(sc3ccccc32)c(=O)n1CCCN1CCOCC1)NCc1ccccc1. The van der Waals surface area contributed by atoms with E-state index in [2.05, 4.69) is 10.2 Å². The molecule has 35 heavy (non-hydrogen) atoms. The number of ether oxygens (including phenoxy) is 1. The lowest BCUT2D eigenvalue weighted by atomic mass is 10.2. The molecule has 0 saturated carbocycles. The molecule has 0 radical (unpaired) electrons. The summed E-state index contributed by atoms with van der Waals surface area (Å²) in [6.45, 7) is 5.32. The van der Waals surface area contributed by atoms with Gasteiger partial charge in [-0.2, -0.15) is 0 Å². The van der Waals surface area contributed by atoms with Crippen LogP contribution in [0.5, 0.6) is 0 Å². The molecule has 0 bridgehead atoms. The molecule has 0 spiro atoms. The molecule has 1 aliphatic rings. The average molecular weight is 509 g/mol. The summed E-state index contributed by atoms with van der Waals surface area (Å²) in [5, 5.41) is 4.55. The molecule has 1 fully saturated rings. The lowest BCUT2D eigenvalue weighted by molar-refractivity contribution is -0.118. The lowest BCUT2D eigenvalue weighted by Gasteiger charge is -2.26. The molecule has 0 atom stereocenters. The maximum atomic E-state index is 13.5. The van der Waals surface area contributed by atoms with Gasteiger partial charge in [-0.15, -0.1) is 11.3 Å². The van der Waals surface area contributed by atoms with Crippen molar-refractivity contribution in [3.05, 3.63) is 70.5 Å². The fourth-order valence-electron chi connectivity index (χ4n) is 4.22. The Morgan fingerprint density at radius 3 is 2.66 bits per heavy atom. The molecule has 2 aromatic carbocycles. The Hall–Kier alpha value is -2.72. The first-order valence-electron chi connectivity index (χ1n) is 11.8. The van der Waals surface area contributed by atoms with E-state index in [-0.39, 0.29) is 17.2 Å². The summed E-state index contributed by atoms with van der Waals surface area (Å²) in [6, 6.07) is 17.8. The molecular formula is C26H28N4O3S2. The zero-order valence-electron chi connectivity index (χ0n) is 19.4. The van der Waals surface area contributed by atoms with Crippen LogP contribution in [0.4, 0.5) is 0 Å². The number of amides is 1. The van der Waals surface area contributed by atoms with Crippen LogP contribution in [0.2, 0.25) is 0 Å². The molecule has 1 aliphatic heterocycles. The Labute approximate surface area is 212 Å². The molecule has 5 rings (SSSR count). The van der Waals surface area contributed by atoms with Gasteiger partial charge < -0.3 is 10.1 Å². The number of morpholine rings is 1. The number of fused-ring (bicyclic) bond motifs is 3. The Balaban J connectivity index is 1.35. The number of aromatic nitrogens is 2. The third-order valence-corrected chi connectivity index (χ3v) is 8.20. The summed E-state index contributed by atoms with van der Waals surface area (Å²) in [5.74, 6) is 0.124. The van der Waals surface area contributed by atoms with Crippen molar-refractivity contribution in [1.29, 1.82) is 0 Å². The van der Waals surface area contributed by atoms with Crippen LogP contribution in [0, 0.1) is 0 Å². The second-order valence-corrected chi connectivity index (χ2v) is 10.5. The van der Waals surface area contributed by atoms with Crippen molar-refractivity contribution in [3.8, 4) is 0 Å². The van der Waals surface area contributed by atoms with Gasteiger partial charge in [0.05, 0.1) is 24.5 Å². The Bertz CT molecular complexity index is 1360. The number of thiophene rings is 1. The molecule has 1 amide bonds. The summed E-state index contributed by atoms with van der Waals surface area (Å²) in [6.07, 6.45) is 0.839. The van der Waals surface area contributed by atoms with E-state index in [4.69, 9.17) is 9.72 Å². The molecule has 2 aromatic heterocycles. The van der Waals surface area contributed by atoms with Gasteiger partial charge in [-0.1, -0.05) is 60.3 Å². The highest BCUT2D eigenvalue weighted by Gasteiger charge is 2.18. The van der Waals surface area contributed by atoms with Crippen LogP contribution in [0.1, 0.15) is 12.0 Å². The predicted octanol–water partition coefficient (Wildman–Crippen LogP) is 3.74. The quantitative estimate of drug-likeness (QED) is 0.274. The van der Waals surface area contributed by atoms with Crippen LogP contribution in [-0.4, -0.2) is 59.0 Å². The fraction of sp³-hybridized carbons (Fsp3) is 0.346. The lowest BCUT2D eigenvalue weighted by Crippen LogP contribution is -2.37. The molecule has 7 nitrogen and oxygen atoms in total. The zero-order chi connectivity index (χ0) is 24.0. The standard InChI is InChI=1S/C26H28N4O3S2/c31-22(27-17-19-7-2-1-3-8-19)18-34-26-28-23-20-9-4-5-10-21(20)35-24(23)25(32)30(26)12-6-11-29-13-15-33-16-14-29/h1-5,7-10H,6,11-18H2,(H,27,31). The van der Waals surface area contributed by atoms with E-state index in [9.17, 15) is 9.59 Å². The Kier molecular flexibility index (Phi) is 7.78. The van der Waals surface area contributed by atoms with Gasteiger partial charge in [-0.05, 0) is 18.1 Å². The van der Waals surface area contributed by atoms with Crippen LogP contribution < -0.4 is 10.9 Å². The second-order valence-electron chi connectivity index (χ2n) is 8.49. The number of thioether (sulfide) groups is 1. The number of hydrogen-bond acceptors (Lipinski definition) is 7. The van der Waals surface area contributed by atoms with Crippen molar-refractivity contribution in [2.45, 2.75) is 24.7 Å². The largest absolute Gasteiger partial charge is 0.379 e. The van der Waals surface area contributed by atoms with Crippen LogP contribution in [0.15, 0.2) is 64.5 Å². The molecule has 1 N–H and O–H groups in total. The van der Waals surface area contributed by atoms with E-state index in [1.807, 2.05) is 54.6 Å². The van der Waals surface area contributed by atoms with Crippen molar-refractivity contribution in [2.75, 3.05) is 38.6 Å². The van der Waals surface area contributed by atoms with E-state index in [1.165, 1.54) is 23.1 Å². The van der Waals surface area contributed by atoms with Crippen LogP contribution in [0.3, 0.4) is 0 Å². The van der Waals surface area contributed by atoms with E-state index in [0.717, 1.165) is 60.4 Å². The number of rotatable bonds is 9.